The number of likely N-dealkylation sites (tertiary alicyclic amines) is 1. The average Bonchev–Trinajstić information content (AvgIpc) is 3.43. The minimum Gasteiger partial charge on any atom is -0.339 e. The number of carbonyl (C=O) groups excluding carboxylic acids is 2. The van der Waals surface area contributed by atoms with Gasteiger partial charge in [-0.1, -0.05) is 53.6 Å². The highest BCUT2D eigenvalue weighted by Crippen LogP contribution is 2.22. The second kappa shape index (κ2) is 10.5. The summed E-state index contributed by atoms with van der Waals surface area (Å²) in [6, 6.07) is 19.6. The molecule has 1 aromatic heterocycles. The lowest BCUT2D eigenvalue weighted by Gasteiger charge is -2.38. The molecule has 0 bridgehead atoms. The predicted octanol–water partition coefficient (Wildman–Crippen LogP) is 2.26. The number of amides is 2. The zero-order chi connectivity index (χ0) is 24.0. The Kier molecular flexibility index (Phi) is 6.83. The maximum Gasteiger partial charge on any atom is 0.250 e. The highest BCUT2D eigenvalue weighted by Gasteiger charge is 2.32. The normalized spacial score (nSPS) is 17.2. The van der Waals surface area contributed by atoms with Crippen LogP contribution in [-0.2, 0) is 9.59 Å². The van der Waals surface area contributed by atoms with Crippen molar-refractivity contribution in [3.63, 3.8) is 0 Å². The Morgan fingerprint density at radius 3 is 2.14 bits per heavy atom. The molecule has 180 valence electrons. The summed E-state index contributed by atoms with van der Waals surface area (Å²) in [7, 11) is 0. The molecular formula is C26H29N7O2. The molecule has 0 saturated carbocycles. The highest BCUT2D eigenvalue weighted by molar-refractivity contribution is 5.92. The first-order valence-corrected chi connectivity index (χ1v) is 12.1. The van der Waals surface area contributed by atoms with Crippen LogP contribution in [-0.4, -0.2) is 81.1 Å². The van der Waals surface area contributed by atoms with E-state index in [1.807, 2.05) is 76.5 Å². The van der Waals surface area contributed by atoms with Crippen molar-refractivity contribution in [1.29, 1.82) is 0 Å². The van der Waals surface area contributed by atoms with Gasteiger partial charge in [-0.15, -0.1) is 0 Å². The van der Waals surface area contributed by atoms with E-state index < -0.39 is 0 Å². The lowest BCUT2D eigenvalue weighted by Crippen LogP contribution is -2.52. The standard InChI is InChI=1S/C26H29N7O2/c34-24(12-11-21-7-3-1-4-8-21)30-15-13-22(14-16-30)25(35)31-17-19-32(20-18-31)26-27-28-29-33(26)23-9-5-2-6-10-23/h1-12,22H,13-20H2/b12-11+. The Labute approximate surface area is 204 Å². The summed E-state index contributed by atoms with van der Waals surface area (Å²) in [4.78, 5) is 31.6. The van der Waals surface area contributed by atoms with Gasteiger partial charge in [0.25, 0.3) is 0 Å². The van der Waals surface area contributed by atoms with Crippen LogP contribution >= 0.6 is 0 Å². The van der Waals surface area contributed by atoms with Crippen molar-refractivity contribution in [3.8, 4) is 5.69 Å². The van der Waals surface area contributed by atoms with Gasteiger partial charge in [-0.05, 0) is 47.0 Å². The maximum atomic E-state index is 13.2. The number of piperazine rings is 1. The zero-order valence-corrected chi connectivity index (χ0v) is 19.6. The number of nitrogens with zero attached hydrogens (tertiary/aromatic N) is 7. The van der Waals surface area contributed by atoms with Crippen LogP contribution < -0.4 is 4.90 Å². The number of tetrazole rings is 1. The molecule has 2 aromatic carbocycles. The number of piperidine rings is 1. The quantitative estimate of drug-likeness (QED) is 0.531. The van der Waals surface area contributed by atoms with E-state index in [-0.39, 0.29) is 17.7 Å². The maximum absolute atomic E-state index is 13.2. The van der Waals surface area contributed by atoms with Gasteiger partial charge in [0.05, 0.1) is 5.69 Å². The van der Waals surface area contributed by atoms with E-state index >= 15 is 0 Å². The molecular weight excluding hydrogens is 442 g/mol. The predicted molar refractivity (Wildman–Crippen MR) is 133 cm³/mol. The van der Waals surface area contributed by atoms with E-state index in [9.17, 15) is 9.59 Å². The molecule has 2 fully saturated rings. The Morgan fingerprint density at radius 1 is 0.800 bits per heavy atom. The monoisotopic (exact) mass is 471 g/mol. The Balaban J connectivity index is 1.11. The van der Waals surface area contributed by atoms with Crippen LogP contribution in [0.25, 0.3) is 11.8 Å². The van der Waals surface area contributed by atoms with Gasteiger partial charge in [0.2, 0.25) is 17.8 Å². The van der Waals surface area contributed by atoms with Crippen molar-refractivity contribution < 1.29 is 9.59 Å². The van der Waals surface area contributed by atoms with E-state index in [4.69, 9.17) is 0 Å². The fourth-order valence-electron chi connectivity index (χ4n) is 4.68. The summed E-state index contributed by atoms with van der Waals surface area (Å²) in [5.74, 6) is 0.862. The van der Waals surface area contributed by atoms with Crippen molar-refractivity contribution in [3.05, 3.63) is 72.3 Å². The van der Waals surface area contributed by atoms with Crippen LogP contribution in [0.1, 0.15) is 18.4 Å². The number of hydrogen-bond acceptors (Lipinski definition) is 6. The van der Waals surface area contributed by atoms with E-state index in [1.165, 1.54) is 0 Å². The molecule has 0 radical (unpaired) electrons. The summed E-state index contributed by atoms with van der Waals surface area (Å²) < 4.78 is 1.73. The van der Waals surface area contributed by atoms with Crippen LogP contribution in [0.2, 0.25) is 0 Å². The number of anilines is 1. The van der Waals surface area contributed by atoms with Crippen LogP contribution in [0.5, 0.6) is 0 Å². The number of carbonyl (C=O) groups is 2. The third-order valence-electron chi connectivity index (χ3n) is 6.70. The first-order valence-electron chi connectivity index (χ1n) is 12.1. The number of para-hydroxylation sites is 1. The molecule has 2 aliphatic rings. The first-order chi connectivity index (χ1) is 17.2. The van der Waals surface area contributed by atoms with E-state index in [0.717, 1.165) is 11.3 Å². The van der Waals surface area contributed by atoms with Gasteiger partial charge in [0.15, 0.2) is 0 Å². The molecule has 3 heterocycles. The Hall–Kier alpha value is -4.01. The van der Waals surface area contributed by atoms with Gasteiger partial charge >= 0.3 is 0 Å². The summed E-state index contributed by atoms with van der Waals surface area (Å²) in [5.41, 5.74) is 1.91. The summed E-state index contributed by atoms with van der Waals surface area (Å²) in [6.07, 6.45) is 4.87. The highest BCUT2D eigenvalue weighted by atomic mass is 16.2. The number of benzene rings is 2. The number of hydrogen-bond donors (Lipinski definition) is 0. The van der Waals surface area contributed by atoms with Gasteiger partial charge in [0, 0.05) is 51.3 Å². The first kappa shape index (κ1) is 22.8. The third kappa shape index (κ3) is 5.24. The van der Waals surface area contributed by atoms with Crippen molar-refractivity contribution in [2.45, 2.75) is 12.8 Å². The Morgan fingerprint density at radius 2 is 1.46 bits per heavy atom. The molecule has 0 aliphatic carbocycles. The van der Waals surface area contributed by atoms with Crippen LogP contribution in [0.15, 0.2) is 66.7 Å². The Bertz CT molecular complexity index is 1160. The molecule has 9 heteroatoms. The van der Waals surface area contributed by atoms with Crippen LogP contribution in [0.3, 0.4) is 0 Å². The minimum absolute atomic E-state index is 0.00417. The summed E-state index contributed by atoms with van der Waals surface area (Å²) in [5, 5.41) is 12.2. The van der Waals surface area contributed by atoms with Crippen molar-refractivity contribution in [2.75, 3.05) is 44.2 Å². The van der Waals surface area contributed by atoms with Crippen molar-refractivity contribution in [1.82, 2.24) is 30.0 Å². The fourth-order valence-corrected chi connectivity index (χ4v) is 4.68. The molecule has 0 atom stereocenters. The summed E-state index contributed by atoms with van der Waals surface area (Å²) >= 11 is 0. The van der Waals surface area contributed by atoms with Gasteiger partial charge in [-0.2, -0.15) is 4.68 Å². The number of rotatable bonds is 5. The lowest BCUT2D eigenvalue weighted by molar-refractivity contribution is -0.139. The number of aromatic nitrogens is 4. The molecule has 35 heavy (non-hydrogen) atoms. The molecule has 0 unspecified atom stereocenters. The van der Waals surface area contributed by atoms with E-state index in [0.29, 0.717) is 58.1 Å². The average molecular weight is 472 g/mol. The van der Waals surface area contributed by atoms with Gasteiger partial charge in [-0.3, -0.25) is 9.59 Å². The molecule has 5 rings (SSSR count). The van der Waals surface area contributed by atoms with Crippen LogP contribution in [0.4, 0.5) is 5.95 Å². The topological polar surface area (TPSA) is 87.5 Å². The largest absolute Gasteiger partial charge is 0.339 e. The van der Waals surface area contributed by atoms with E-state index in [1.54, 1.807) is 10.8 Å². The van der Waals surface area contributed by atoms with Gasteiger partial charge in [0.1, 0.15) is 0 Å². The molecule has 0 spiro atoms. The van der Waals surface area contributed by atoms with Crippen molar-refractivity contribution >= 4 is 23.8 Å². The lowest BCUT2D eigenvalue weighted by atomic mass is 9.95. The second-order valence-electron chi connectivity index (χ2n) is 8.88. The fraction of sp³-hybridized carbons (Fsp3) is 0.346. The second-order valence-corrected chi connectivity index (χ2v) is 8.88. The van der Waals surface area contributed by atoms with Gasteiger partial charge < -0.3 is 14.7 Å². The minimum atomic E-state index is -0.0293. The molecule has 3 aromatic rings. The third-order valence-corrected chi connectivity index (χ3v) is 6.70. The molecule has 9 nitrogen and oxygen atoms in total. The molecule has 0 N–H and O–H groups in total. The SMILES string of the molecule is O=C(/C=C/c1ccccc1)N1CCC(C(=O)N2CCN(c3nnnn3-c3ccccc3)CC2)CC1. The smallest absolute Gasteiger partial charge is 0.250 e. The molecule has 2 amide bonds. The molecule has 2 saturated heterocycles. The van der Waals surface area contributed by atoms with Crippen molar-refractivity contribution in [2.24, 2.45) is 5.92 Å². The zero-order valence-electron chi connectivity index (χ0n) is 19.6. The summed E-state index contributed by atoms with van der Waals surface area (Å²) in [6.45, 7) is 3.86. The van der Waals surface area contributed by atoms with E-state index in [2.05, 4.69) is 20.4 Å². The van der Waals surface area contributed by atoms with Gasteiger partial charge in [-0.25, -0.2) is 0 Å². The molecule has 2 aliphatic heterocycles. The van der Waals surface area contributed by atoms with Crippen LogP contribution in [0, 0.1) is 5.92 Å².